The molecule has 0 saturated carbocycles. The molecule has 0 atom stereocenters. The molecule has 1 aliphatic rings. The van der Waals surface area contributed by atoms with Gasteiger partial charge in [-0.15, -0.1) is 0 Å². The summed E-state index contributed by atoms with van der Waals surface area (Å²) in [5, 5.41) is 13.8. The number of benzene rings is 2. The normalized spacial score (nSPS) is 14.3. The molecule has 2 heterocycles. The van der Waals surface area contributed by atoms with Crippen LogP contribution in [0.25, 0.3) is 0 Å². The highest BCUT2D eigenvalue weighted by Gasteiger charge is 2.44. The van der Waals surface area contributed by atoms with Gasteiger partial charge >= 0.3 is 13.6 Å². The van der Waals surface area contributed by atoms with Crippen LogP contribution in [-0.4, -0.2) is 40.2 Å². The number of nitrogens with zero attached hydrogens (tertiary/aromatic N) is 2. The lowest BCUT2D eigenvalue weighted by Gasteiger charge is -2.32. The van der Waals surface area contributed by atoms with E-state index in [2.05, 4.69) is 20.8 Å². The number of hydrogen-bond acceptors (Lipinski definition) is 6. The smallest absolute Gasteiger partial charge is 0.309 e. The second kappa shape index (κ2) is 11.1. The van der Waals surface area contributed by atoms with Crippen LogP contribution in [0.1, 0.15) is 49.3 Å². The predicted molar refractivity (Wildman–Crippen MR) is 148 cm³/mol. The fourth-order valence-electron chi connectivity index (χ4n) is 4.24. The number of halogens is 2. The van der Waals surface area contributed by atoms with Gasteiger partial charge < -0.3 is 24.6 Å². The Morgan fingerprint density at radius 2 is 1.66 bits per heavy atom. The summed E-state index contributed by atoms with van der Waals surface area (Å²) in [5.74, 6) is -0.111. The third kappa shape index (κ3) is 5.32. The van der Waals surface area contributed by atoms with Crippen molar-refractivity contribution in [2.45, 2.75) is 39.8 Å². The van der Waals surface area contributed by atoms with E-state index in [4.69, 9.17) is 32.2 Å². The first-order chi connectivity index (χ1) is 18.0. The zero-order valence-corrected chi connectivity index (χ0v) is 23.7. The molecule has 3 aromatic rings. The number of amides is 3. The molecule has 10 nitrogen and oxygen atoms in total. The van der Waals surface area contributed by atoms with Crippen LogP contribution in [0.2, 0.25) is 10.0 Å². The van der Waals surface area contributed by atoms with E-state index >= 15 is 0 Å². The number of rotatable bonds is 8. The monoisotopic (exact) mass is 579 g/mol. The number of hydrogen-bond donors (Lipinski definition) is 3. The van der Waals surface area contributed by atoms with E-state index in [0.717, 1.165) is 0 Å². The largest absolute Gasteiger partial charge is 0.361 e. The minimum atomic E-state index is -3.46. The van der Waals surface area contributed by atoms with Crippen molar-refractivity contribution >= 4 is 59.5 Å². The zero-order valence-electron chi connectivity index (χ0n) is 21.3. The van der Waals surface area contributed by atoms with Gasteiger partial charge in [0.15, 0.2) is 5.82 Å². The van der Waals surface area contributed by atoms with Crippen LogP contribution < -0.4 is 15.9 Å². The molecule has 4 rings (SSSR count). The molecule has 3 N–H and O–H groups in total. The zero-order chi connectivity index (χ0) is 27.7. The summed E-state index contributed by atoms with van der Waals surface area (Å²) in [7, 11) is -3.46. The van der Waals surface area contributed by atoms with Crippen molar-refractivity contribution in [1.29, 1.82) is 0 Å². The lowest BCUT2D eigenvalue weighted by molar-refractivity contribution is 0.102. The predicted octanol–water partition coefficient (Wildman–Crippen LogP) is 6.14. The first-order valence-electron chi connectivity index (χ1n) is 11.9. The second-order valence-corrected chi connectivity index (χ2v) is 11.8. The van der Waals surface area contributed by atoms with Crippen LogP contribution in [0, 0.1) is 0 Å². The molecule has 38 heavy (non-hydrogen) atoms. The molecule has 2 aromatic carbocycles. The van der Waals surface area contributed by atoms with Crippen LogP contribution in [0.5, 0.6) is 0 Å². The lowest BCUT2D eigenvalue weighted by atomic mass is 10.0. The minimum absolute atomic E-state index is 0.188. The summed E-state index contributed by atoms with van der Waals surface area (Å²) in [4.78, 5) is 27.8. The van der Waals surface area contributed by atoms with E-state index in [1.807, 2.05) is 13.8 Å². The highest BCUT2D eigenvalue weighted by molar-refractivity contribution is 7.62. The molecule has 0 radical (unpaired) electrons. The third-order valence-corrected chi connectivity index (χ3v) is 8.94. The van der Waals surface area contributed by atoms with Crippen LogP contribution in [-0.2, 0) is 25.7 Å². The summed E-state index contributed by atoms with van der Waals surface area (Å²) in [6.45, 7) is 7.82. The molecule has 202 valence electrons. The number of fused-ring (bicyclic) bond motifs is 1. The van der Waals surface area contributed by atoms with E-state index in [0.29, 0.717) is 43.7 Å². The highest BCUT2D eigenvalue weighted by Crippen LogP contribution is 2.47. The molecule has 0 fully saturated rings. The van der Waals surface area contributed by atoms with Gasteiger partial charge in [-0.1, -0.05) is 29.3 Å². The van der Waals surface area contributed by atoms with Gasteiger partial charge in [0, 0.05) is 11.1 Å². The minimum Gasteiger partial charge on any atom is -0.309 e. The molecule has 3 amide bonds. The highest BCUT2D eigenvalue weighted by atomic mass is 35.5. The van der Waals surface area contributed by atoms with E-state index in [-0.39, 0.29) is 19.8 Å². The number of carbonyl (C=O) groups is 2. The number of nitrogens with one attached hydrogen (secondary N) is 3. The Hall–Kier alpha value is -2.88. The summed E-state index contributed by atoms with van der Waals surface area (Å²) >= 11 is 12.4. The van der Waals surface area contributed by atoms with Gasteiger partial charge in [0.05, 0.1) is 52.0 Å². The number of para-hydroxylation sites is 1. The molecule has 0 aliphatic carbocycles. The first-order valence-corrected chi connectivity index (χ1v) is 14.2. The average molecular weight is 580 g/mol. The van der Waals surface area contributed by atoms with E-state index < -0.39 is 25.1 Å². The number of H-pyrrole nitrogens is 1. The molecule has 0 saturated heterocycles. The van der Waals surface area contributed by atoms with Crippen molar-refractivity contribution in [3.8, 4) is 0 Å². The Morgan fingerprint density at radius 1 is 1.05 bits per heavy atom. The van der Waals surface area contributed by atoms with Crippen LogP contribution >= 0.6 is 30.8 Å². The summed E-state index contributed by atoms with van der Waals surface area (Å²) in [6.07, 6.45) is 0. The average Bonchev–Trinajstić information content (AvgIpc) is 3.39. The van der Waals surface area contributed by atoms with Gasteiger partial charge in [0.1, 0.15) is 0 Å². The van der Waals surface area contributed by atoms with E-state index in [1.54, 1.807) is 61.2 Å². The van der Waals surface area contributed by atoms with Gasteiger partial charge in [-0.2, -0.15) is 5.10 Å². The first kappa shape index (κ1) is 28.1. The number of aromatic nitrogens is 2. The summed E-state index contributed by atoms with van der Waals surface area (Å²) < 4.78 is 23.7. The number of anilines is 2. The van der Waals surface area contributed by atoms with Crippen molar-refractivity contribution < 1.29 is 23.2 Å². The summed E-state index contributed by atoms with van der Waals surface area (Å²) in [5.41, 5.74) is 1.26. The van der Waals surface area contributed by atoms with Crippen LogP contribution in [0.15, 0.2) is 42.5 Å². The molecule has 1 aliphatic heterocycles. The third-order valence-electron chi connectivity index (χ3n) is 6.19. The van der Waals surface area contributed by atoms with Crippen molar-refractivity contribution in [2.75, 3.05) is 23.8 Å². The lowest BCUT2D eigenvalue weighted by Crippen LogP contribution is -2.43. The maximum absolute atomic E-state index is 13.2. The molecule has 1 aromatic heterocycles. The van der Waals surface area contributed by atoms with Crippen LogP contribution in [0.3, 0.4) is 0 Å². The van der Waals surface area contributed by atoms with Crippen molar-refractivity contribution in [1.82, 2.24) is 15.1 Å². The van der Waals surface area contributed by atoms with Crippen LogP contribution in [0.4, 0.5) is 16.3 Å². The van der Waals surface area contributed by atoms with Gasteiger partial charge in [0.2, 0.25) is 0 Å². The Morgan fingerprint density at radius 3 is 2.24 bits per heavy atom. The Labute approximate surface area is 230 Å². The van der Waals surface area contributed by atoms with Crippen molar-refractivity contribution in [3.05, 3.63) is 69.3 Å². The van der Waals surface area contributed by atoms with E-state index in [9.17, 15) is 14.2 Å². The molecular weight excluding hydrogens is 552 g/mol. The SMILES string of the molecule is CCOP(=O)(OCC)c1ccc(C(=O)Nc2n[nH]c3c2CN(C(=O)Nc2c(Cl)cccc2Cl)C3(C)C)cc1. The maximum Gasteiger partial charge on any atom is 0.361 e. The number of carbonyl (C=O) groups excluding carboxylic acids is 2. The fourth-order valence-corrected chi connectivity index (χ4v) is 6.30. The molecular formula is C25H28Cl2N5O5P. The Bertz CT molecular complexity index is 1380. The topological polar surface area (TPSA) is 126 Å². The molecule has 13 heteroatoms. The molecule has 0 unspecified atom stereocenters. The standard InChI is InChI=1S/C25H28Cl2N5O5P/c1-5-36-38(35,37-6-2)16-12-10-15(11-13-16)23(33)29-22-17-14-32(25(3,4)21(17)30-31-22)24(34)28-20-18(26)8-7-9-19(20)27/h7-13H,5-6,14H2,1-4H3,(H,28,34)(H2,29,30,31,33). The second-order valence-electron chi connectivity index (χ2n) is 8.93. The Kier molecular flexibility index (Phi) is 8.20. The number of aromatic amines is 1. The van der Waals surface area contributed by atoms with E-state index in [1.165, 1.54) is 0 Å². The van der Waals surface area contributed by atoms with Crippen molar-refractivity contribution in [3.63, 3.8) is 0 Å². The van der Waals surface area contributed by atoms with Gasteiger partial charge in [-0.25, -0.2) is 4.79 Å². The summed E-state index contributed by atoms with van der Waals surface area (Å²) in [6, 6.07) is 10.7. The fraction of sp³-hybridized carbons (Fsp3) is 0.320. The Balaban J connectivity index is 1.50. The maximum atomic E-state index is 13.2. The van der Waals surface area contributed by atoms with Gasteiger partial charge in [-0.3, -0.25) is 14.5 Å². The van der Waals surface area contributed by atoms with Crippen molar-refractivity contribution in [2.24, 2.45) is 0 Å². The van der Waals surface area contributed by atoms with Gasteiger partial charge in [0.25, 0.3) is 5.91 Å². The number of urea groups is 1. The molecule has 0 bridgehead atoms. The van der Waals surface area contributed by atoms with Gasteiger partial charge in [-0.05, 0) is 64.1 Å². The quantitative estimate of drug-likeness (QED) is 0.275. The molecule has 0 spiro atoms.